The smallest absolute Gasteiger partial charge is 0.355 e. The Balaban J connectivity index is 2.11. The van der Waals surface area contributed by atoms with Crippen molar-refractivity contribution in [1.29, 1.82) is 0 Å². The monoisotopic (exact) mass is 495 g/mol. The lowest BCUT2D eigenvalue weighted by Crippen LogP contribution is -2.56. The zero-order valence-corrected chi connectivity index (χ0v) is 19.8. The van der Waals surface area contributed by atoms with Gasteiger partial charge in [-0.3, -0.25) is 9.80 Å². The van der Waals surface area contributed by atoms with E-state index < -0.39 is 40.5 Å². The van der Waals surface area contributed by atoms with Crippen LogP contribution in [0.15, 0.2) is 35.4 Å². The molecule has 1 N–H and O–H groups in total. The molecule has 0 aliphatic carbocycles. The summed E-state index contributed by atoms with van der Waals surface area (Å²) in [7, 11) is 0. The van der Waals surface area contributed by atoms with Crippen molar-refractivity contribution in [2.24, 2.45) is 5.10 Å². The van der Waals surface area contributed by atoms with Crippen molar-refractivity contribution in [3.63, 3.8) is 0 Å². The summed E-state index contributed by atoms with van der Waals surface area (Å²) in [6, 6.07) is 6.69. The first-order valence-corrected chi connectivity index (χ1v) is 11.0. The molecule has 2 aliphatic rings. The molecule has 2 aliphatic heterocycles. The van der Waals surface area contributed by atoms with E-state index in [-0.39, 0.29) is 39.2 Å². The Morgan fingerprint density at radius 2 is 1.94 bits per heavy atom. The number of halogens is 4. The predicted molar refractivity (Wildman–Crippen MR) is 122 cm³/mol. The molecule has 2 unspecified atom stereocenters. The molecular weight excluding hydrogens is 475 g/mol. The van der Waals surface area contributed by atoms with Crippen molar-refractivity contribution >= 4 is 46.5 Å². The summed E-state index contributed by atoms with van der Waals surface area (Å²) in [6.45, 7) is 6.98. The van der Waals surface area contributed by atoms with Crippen molar-refractivity contribution in [1.82, 2.24) is 5.01 Å². The minimum Gasteiger partial charge on any atom is -0.461 e. The normalized spacial score (nSPS) is 21.8. The number of hydrogen-bond acceptors (Lipinski definition) is 5. The van der Waals surface area contributed by atoms with E-state index in [0.29, 0.717) is 0 Å². The third kappa shape index (κ3) is 3.38. The molecule has 1 spiro atoms. The van der Waals surface area contributed by atoms with Gasteiger partial charge in [-0.15, -0.1) is 0 Å². The zero-order chi connectivity index (χ0) is 24.3. The second-order valence-electron chi connectivity index (χ2n) is 8.80. The largest absolute Gasteiger partial charge is 0.461 e. The maximum Gasteiger partial charge on any atom is 0.355 e. The number of rotatable bonds is 3. The third-order valence-electron chi connectivity index (χ3n) is 5.71. The highest BCUT2D eigenvalue weighted by Gasteiger charge is 2.66. The number of fused-ring (bicyclic) bond motifs is 2. The number of nitrogens with one attached hydrogen (secondary N) is 1. The van der Waals surface area contributed by atoms with Gasteiger partial charge in [-0.1, -0.05) is 35.3 Å². The number of esters is 1. The van der Waals surface area contributed by atoms with Gasteiger partial charge in [0.2, 0.25) is 0 Å². The van der Waals surface area contributed by atoms with Crippen LogP contribution in [0.3, 0.4) is 0 Å². The first-order valence-electron chi connectivity index (χ1n) is 10.2. The molecule has 0 aromatic heterocycles. The summed E-state index contributed by atoms with van der Waals surface area (Å²) in [4.78, 5) is 26.8. The van der Waals surface area contributed by atoms with Crippen LogP contribution >= 0.6 is 23.2 Å². The van der Waals surface area contributed by atoms with Gasteiger partial charge >= 0.3 is 5.97 Å². The van der Waals surface area contributed by atoms with Crippen LogP contribution < -0.4 is 5.32 Å². The Kier molecular flexibility index (Phi) is 5.65. The minimum atomic E-state index is -1.80. The van der Waals surface area contributed by atoms with Crippen LogP contribution in [0.5, 0.6) is 0 Å². The number of anilines is 1. The van der Waals surface area contributed by atoms with E-state index in [1.165, 1.54) is 29.3 Å². The zero-order valence-electron chi connectivity index (χ0n) is 18.3. The van der Waals surface area contributed by atoms with Crippen LogP contribution in [0.25, 0.3) is 0 Å². The van der Waals surface area contributed by atoms with E-state index in [0.717, 1.165) is 6.07 Å². The molecule has 0 radical (unpaired) electrons. The second-order valence-corrected chi connectivity index (χ2v) is 9.61. The molecule has 10 heteroatoms. The molecule has 2 aromatic rings. The number of carbonyl (C=O) groups is 2. The number of benzene rings is 2. The minimum absolute atomic E-state index is 0.0398. The molecule has 174 valence electrons. The average Bonchev–Trinajstić information content (AvgIpc) is 3.22. The Bertz CT molecular complexity index is 1210. The van der Waals surface area contributed by atoms with E-state index in [1.807, 2.05) is 0 Å². The van der Waals surface area contributed by atoms with Gasteiger partial charge in [-0.05, 0) is 45.9 Å². The van der Waals surface area contributed by atoms with Gasteiger partial charge in [0.05, 0.1) is 28.1 Å². The molecular formula is C23H21Cl2F2N3O3. The molecule has 1 amide bonds. The summed E-state index contributed by atoms with van der Waals surface area (Å²) in [5.41, 5.74) is -2.46. The van der Waals surface area contributed by atoms with E-state index in [9.17, 15) is 14.0 Å². The molecule has 6 nitrogen and oxygen atoms in total. The van der Waals surface area contributed by atoms with Crippen LogP contribution in [-0.4, -0.2) is 34.7 Å². The summed E-state index contributed by atoms with van der Waals surface area (Å²) in [5, 5.41) is 8.23. The molecule has 0 bridgehead atoms. The van der Waals surface area contributed by atoms with Gasteiger partial charge in [0.25, 0.3) is 5.91 Å². The Morgan fingerprint density at radius 1 is 1.24 bits per heavy atom. The van der Waals surface area contributed by atoms with Crippen LogP contribution in [-0.2, 0) is 19.9 Å². The first-order chi connectivity index (χ1) is 15.4. The van der Waals surface area contributed by atoms with Gasteiger partial charge in [0, 0.05) is 16.8 Å². The van der Waals surface area contributed by atoms with Crippen LogP contribution in [0.1, 0.15) is 44.7 Å². The Labute approximate surface area is 199 Å². The van der Waals surface area contributed by atoms with Gasteiger partial charge in [-0.25, -0.2) is 13.6 Å². The molecule has 0 saturated carbocycles. The summed E-state index contributed by atoms with van der Waals surface area (Å²) in [5.74, 6) is -4.29. The van der Waals surface area contributed by atoms with E-state index in [4.69, 9.17) is 27.9 Å². The molecule has 0 saturated heterocycles. The number of hydrogen-bond donors (Lipinski definition) is 1. The maximum absolute atomic E-state index is 15.4. The fourth-order valence-electron chi connectivity index (χ4n) is 4.53. The lowest BCUT2D eigenvalue weighted by Gasteiger charge is -2.44. The number of hydrazone groups is 1. The van der Waals surface area contributed by atoms with Gasteiger partial charge < -0.3 is 10.1 Å². The van der Waals surface area contributed by atoms with Gasteiger partial charge in [-0.2, -0.15) is 5.10 Å². The van der Waals surface area contributed by atoms with Crippen LogP contribution in [0.4, 0.5) is 14.5 Å². The predicted octanol–water partition coefficient (Wildman–Crippen LogP) is 5.24. The Hall–Kier alpha value is -2.71. The van der Waals surface area contributed by atoms with Crippen LogP contribution in [0, 0.1) is 11.6 Å². The highest BCUT2D eigenvalue weighted by atomic mass is 35.5. The van der Waals surface area contributed by atoms with Gasteiger partial charge in [0.15, 0.2) is 11.3 Å². The highest BCUT2D eigenvalue weighted by Crippen LogP contribution is 2.57. The molecule has 2 aromatic carbocycles. The molecule has 0 fully saturated rings. The molecule has 2 atom stereocenters. The van der Waals surface area contributed by atoms with Crippen molar-refractivity contribution in [3.05, 3.63) is 63.1 Å². The number of ether oxygens (including phenoxy) is 1. The summed E-state index contributed by atoms with van der Waals surface area (Å²) < 4.78 is 35.3. The van der Waals surface area contributed by atoms with Crippen molar-refractivity contribution in [3.8, 4) is 0 Å². The van der Waals surface area contributed by atoms with E-state index in [2.05, 4.69) is 10.4 Å². The van der Waals surface area contributed by atoms with E-state index >= 15 is 4.39 Å². The van der Waals surface area contributed by atoms with Crippen molar-refractivity contribution in [2.45, 2.75) is 44.7 Å². The molecule has 2 heterocycles. The topological polar surface area (TPSA) is 71.0 Å². The number of nitrogens with zero attached hydrogens (tertiary/aromatic N) is 2. The Morgan fingerprint density at radius 3 is 2.58 bits per heavy atom. The fraction of sp³-hybridized carbons (Fsp3) is 0.348. The first kappa shape index (κ1) is 23.4. The summed E-state index contributed by atoms with van der Waals surface area (Å²) in [6.07, 6.45) is 0. The van der Waals surface area contributed by atoms with Crippen molar-refractivity contribution in [2.75, 3.05) is 11.9 Å². The maximum atomic E-state index is 15.4. The van der Waals surface area contributed by atoms with E-state index in [1.54, 1.807) is 27.7 Å². The second kappa shape index (κ2) is 7.95. The molecule has 4 rings (SSSR count). The molecule has 33 heavy (non-hydrogen) atoms. The quantitative estimate of drug-likeness (QED) is 0.591. The third-order valence-corrected chi connectivity index (χ3v) is 6.29. The fourth-order valence-corrected chi connectivity index (χ4v) is 4.87. The summed E-state index contributed by atoms with van der Waals surface area (Å²) >= 11 is 12.0. The lowest BCUT2D eigenvalue weighted by molar-refractivity contribution is -0.135. The lowest BCUT2D eigenvalue weighted by atomic mass is 9.72. The van der Waals surface area contributed by atoms with Crippen LogP contribution in [0.2, 0.25) is 10.0 Å². The highest BCUT2D eigenvalue weighted by molar-refractivity contribution is 6.41. The van der Waals surface area contributed by atoms with Crippen molar-refractivity contribution < 1.29 is 23.1 Å². The number of carbonyl (C=O) groups excluding carboxylic acids is 2. The number of amides is 1. The standard InChI is InChI=1S/C23H21Cl2F2N3O3/c1-5-33-20(31)19-17(11-7-6-8-13(24)18(11)27)23(30(29-19)22(2,3)4)12-9-15(26)14(25)10-16(12)28-21(23)32/h6-10,17H,5H2,1-4H3,(H,28,32). The SMILES string of the molecule is CCOC(=O)C1=NN(C(C)(C)C)C2(C(=O)Nc3cc(Cl)c(F)cc32)C1c1cccc(Cl)c1F. The average molecular weight is 496 g/mol. The van der Waals surface area contributed by atoms with Gasteiger partial charge in [0.1, 0.15) is 11.6 Å².